The molecule has 0 spiro atoms. The normalized spacial score (nSPS) is 10.5. The van der Waals surface area contributed by atoms with Crippen molar-refractivity contribution in [2.45, 2.75) is 5.75 Å². The van der Waals surface area contributed by atoms with Crippen molar-refractivity contribution >= 4 is 17.7 Å². The van der Waals surface area contributed by atoms with Gasteiger partial charge in [-0.05, 0) is 24.3 Å². The van der Waals surface area contributed by atoms with Crippen LogP contribution >= 0.6 is 11.8 Å². The highest BCUT2D eigenvalue weighted by Gasteiger charge is 2.10. The van der Waals surface area contributed by atoms with Gasteiger partial charge in [0.05, 0.1) is 25.0 Å². The second kappa shape index (κ2) is 7.06. The zero-order valence-electron chi connectivity index (χ0n) is 10.9. The first-order valence-electron chi connectivity index (χ1n) is 5.94. The number of hydrogen-bond donors (Lipinski definition) is 1. The molecule has 1 heterocycles. The van der Waals surface area contributed by atoms with E-state index in [1.807, 2.05) is 0 Å². The summed E-state index contributed by atoms with van der Waals surface area (Å²) in [5.41, 5.74) is 1.21. The molecule has 0 atom stereocenters. The number of hydrogen-bond acceptors (Lipinski definition) is 7. The molecule has 106 valence electrons. The molecule has 0 amide bonds. The topological polar surface area (TPSA) is 85.5 Å². The van der Waals surface area contributed by atoms with Crippen molar-refractivity contribution in [3.63, 3.8) is 0 Å². The van der Waals surface area contributed by atoms with Crippen LogP contribution in [0.2, 0.25) is 0 Å². The summed E-state index contributed by atoms with van der Waals surface area (Å²) < 4.78 is 10.1. The van der Waals surface area contributed by atoms with E-state index < -0.39 is 0 Å². The molecule has 0 radical (unpaired) electrons. The molecule has 0 aliphatic carbocycles. The second-order valence-electron chi connectivity index (χ2n) is 3.85. The largest absolute Gasteiger partial charge is 0.465 e. The van der Waals surface area contributed by atoms with E-state index in [2.05, 4.69) is 14.9 Å². The standard InChI is InChI=1S/C13H14N2O4S/c1-18-13(17)10-4-2-9(3-5-10)12-15-14-11(19-12)8-20-7-6-16/h2-5,16H,6-8H2,1H3. The lowest BCUT2D eigenvalue weighted by Crippen LogP contribution is -2.00. The van der Waals surface area contributed by atoms with Crippen molar-refractivity contribution < 1.29 is 19.1 Å². The van der Waals surface area contributed by atoms with E-state index in [0.717, 1.165) is 5.56 Å². The van der Waals surface area contributed by atoms with Crippen molar-refractivity contribution in [3.05, 3.63) is 35.7 Å². The lowest BCUT2D eigenvalue weighted by Gasteiger charge is -1.99. The van der Waals surface area contributed by atoms with Crippen LogP contribution in [-0.2, 0) is 10.5 Å². The number of ether oxygens (including phenoxy) is 1. The summed E-state index contributed by atoms with van der Waals surface area (Å²) in [5.74, 6) is 1.72. The van der Waals surface area contributed by atoms with Gasteiger partial charge in [0, 0.05) is 11.3 Å². The quantitative estimate of drug-likeness (QED) is 0.641. The van der Waals surface area contributed by atoms with E-state index in [1.165, 1.54) is 18.9 Å². The molecule has 0 bridgehead atoms. The summed E-state index contributed by atoms with van der Waals surface area (Å²) in [6.07, 6.45) is 0. The van der Waals surface area contributed by atoms with E-state index in [9.17, 15) is 4.79 Å². The van der Waals surface area contributed by atoms with E-state index in [-0.39, 0.29) is 12.6 Å². The van der Waals surface area contributed by atoms with Gasteiger partial charge in [0.1, 0.15) is 0 Å². The number of carbonyl (C=O) groups is 1. The number of thioether (sulfide) groups is 1. The Morgan fingerprint density at radius 3 is 2.75 bits per heavy atom. The summed E-state index contributed by atoms with van der Waals surface area (Å²) in [5, 5.41) is 16.6. The van der Waals surface area contributed by atoms with Crippen LogP contribution in [0.3, 0.4) is 0 Å². The number of aliphatic hydroxyl groups is 1. The van der Waals surface area contributed by atoms with Gasteiger partial charge in [0.15, 0.2) is 0 Å². The van der Waals surface area contributed by atoms with Crippen LogP contribution in [-0.4, -0.2) is 40.7 Å². The second-order valence-corrected chi connectivity index (χ2v) is 4.95. The van der Waals surface area contributed by atoms with E-state index >= 15 is 0 Å². The van der Waals surface area contributed by atoms with Crippen LogP contribution in [0.25, 0.3) is 11.5 Å². The molecule has 2 rings (SSSR count). The van der Waals surface area contributed by atoms with Gasteiger partial charge >= 0.3 is 5.97 Å². The summed E-state index contributed by atoms with van der Waals surface area (Å²) in [6.45, 7) is 0.126. The van der Waals surface area contributed by atoms with Gasteiger partial charge in [-0.3, -0.25) is 0 Å². The Hall–Kier alpha value is -1.86. The number of nitrogens with zero attached hydrogens (tertiary/aromatic N) is 2. The number of methoxy groups -OCH3 is 1. The smallest absolute Gasteiger partial charge is 0.337 e. The molecule has 1 N–H and O–H groups in total. The van der Waals surface area contributed by atoms with Crippen LogP contribution in [0.15, 0.2) is 28.7 Å². The number of esters is 1. The highest BCUT2D eigenvalue weighted by Crippen LogP contribution is 2.20. The van der Waals surface area contributed by atoms with Gasteiger partial charge in [-0.15, -0.1) is 22.0 Å². The SMILES string of the molecule is COC(=O)c1ccc(-c2nnc(CSCCO)o2)cc1. The highest BCUT2D eigenvalue weighted by molar-refractivity contribution is 7.98. The molecule has 0 saturated heterocycles. The third-order valence-corrected chi connectivity index (χ3v) is 3.40. The van der Waals surface area contributed by atoms with E-state index in [1.54, 1.807) is 24.3 Å². The summed E-state index contributed by atoms with van der Waals surface area (Å²) in [7, 11) is 1.34. The molecule has 0 aliphatic rings. The number of rotatable bonds is 6. The van der Waals surface area contributed by atoms with Crippen LogP contribution in [0.5, 0.6) is 0 Å². The molecule has 0 unspecified atom stereocenters. The Kier molecular flexibility index (Phi) is 5.14. The maximum atomic E-state index is 11.3. The number of aromatic nitrogens is 2. The van der Waals surface area contributed by atoms with Crippen molar-refractivity contribution in [2.75, 3.05) is 19.5 Å². The molecule has 20 heavy (non-hydrogen) atoms. The van der Waals surface area contributed by atoms with E-state index in [0.29, 0.717) is 28.9 Å². The Morgan fingerprint density at radius 2 is 2.10 bits per heavy atom. The molecular weight excluding hydrogens is 280 g/mol. The van der Waals surface area contributed by atoms with Crippen LogP contribution in [0, 0.1) is 0 Å². The molecule has 7 heteroatoms. The van der Waals surface area contributed by atoms with Crippen molar-refractivity contribution in [2.24, 2.45) is 0 Å². The number of benzene rings is 1. The Morgan fingerprint density at radius 1 is 1.35 bits per heavy atom. The third-order valence-electron chi connectivity index (χ3n) is 2.48. The van der Waals surface area contributed by atoms with Crippen molar-refractivity contribution in [1.29, 1.82) is 0 Å². The maximum Gasteiger partial charge on any atom is 0.337 e. The average molecular weight is 294 g/mol. The van der Waals surface area contributed by atoms with Crippen molar-refractivity contribution in [3.8, 4) is 11.5 Å². The molecule has 2 aromatic rings. The Balaban J connectivity index is 2.06. The minimum absolute atomic E-state index is 0.126. The molecule has 6 nitrogen and oxygen atoms in total. The van der Waals surface area contributed by atoms with Gasteiger partial charge in [0.25, 0.3) is 0 Å². The Bertz CT molecular complexity index is 568. The predicted molar refractivity (Wildman–Crippen MR) is 74.3 cm³/mol. The third kappa shape index (κ3) is 3.58. The fraction of sp³-hybridized carbons (Fsp3) is 0.308. The summed E-state index contributed by atoms with van der Waals surface area (Å²) >= 11 is 1.52. The molecule has 1 aromatic heterocycles. The van der Waals surface area contributed by atoms with Gasteiger partial charge in [0.2, 0.25) is 11.8 Å². The lowest BCUT2D eigenvalue weighted by atomic mass is 10.1. The minimum atomic E-state index is -0.386. The summed E-state index contributed by atoms with van der Waals surface area (Å²) in [6, 6.07) is 6.74. The molecular formula is C13H14N2O4S. The van der Waals surface area contributed by atoms with Gasteiger partial charge < -0.3 is 14.3 Å². The van der Waals surface area contributed by atoms with Crippen molar-refractivity contribution in [1.82, 2.24) is 10.2 Å². The van der Waals surface area contributed by atoms with Gasteiger partial charge in [-0.2, -0.15) is 0 Å². The van der Waals surface area contributed by atoms with Crippen LogP contribution in [0.1, 0.15) is 16.2 Å². The maximum absolute atomic E-state index is 11.3. The van der Waals surface area contributed by atoms with Gasteiger partial charge in [-0.1, -0.05) is 0 Å². The average Bonchev–Trinajstić information content (AvgIpc) is 2.96. The monoisotopic (exact) mass is 294 g/mol. The number of carbonyl (C=O) groups excluding carboxylic acids is 1. The van der Waals surface area contributed by atoms with E-state index in [4.69, 9.17) is 9.52 Å². The fourth-order valence-electron chi connectivity index (χ4n) is 1.52. The molecule has 0 aliphatic heterocycles. The zero-order chi connectivity index (χ0) is 14.4. The predicted octanol–water partition coefficient (Wildman–Crippen LogP) is 1.75. The highest BCUT2D eigenvalue weighted by atomic mass is 32.2. The first-order chi connectivity index (χ1) is 9.74. The zero-order valence-corrected chi connectivity index (χ0v) is 11.7. The minimum Gasteiger partial charge on any atom is -0.465 e. The van der Waals surface area contributed by atoms with Crippen LogP contribution < -0.4 is 0 Å². The molecule has 1 aromatic carbocycles. The summed E-state index contributed by atoms with van der Waals surface area (Å²) in [4.78, 5) is 11.3. The number of aliphatic hydroxyl groups excluding tert-OH is 1. The Labute approximate surface area is 120 Å². The lowest BCUT2D eigenvalue weighted by molar-refractivity contribution is 0.0600. The molecule has 0 fully saturated rings. The first kappa shape index (κ1) is 14.5. The van der Waals surface area contributed by atoms with Crippen LogP contribution in [0.4, 0.5) is 0 Å². The first-order valence-corrected chi connectivity index (χ1v) is 7.10. The van der Waals surface area contributed by atoms with Gasteiger partial charge in [-0.25, -0.2) is 4.79 Å². The molecule has 0 saturated carbocycles. The fourth-order valence-corrected chi connectivity index (χ4v) is 2.08.